The number of carbonyl (C=O) groups excluding carboxylic acids is 1. The fourth-order valence-electron chi connectivity index (χ4n) is 2.28. The SMILES string of the molecule is CC1CN(C(=O)Cc2ccccc2Cl)CCC1O. The largest absolute Gasteiger partial charge is 0.393 e. The zero-order valence-corrected chi connectivity index (χ0v) is 11.2. The number of carbonyl (C=O) groups is 1. The number of hydrogen-bond donors (Lipinski definition) is 1. The smallest absolute Gasteiger partial charge is 0.227 e. The predicted octanol–water partition coefficient (Wildman–Crippen LogP) is 2.11. The summed E-state index contributed by atoms with van der Waals surface area (Å²) in [5, 5.41) is 10.3. The first-order valence-corrected chi connectivity index (χ1v) is 6.65. The van der Waals surface area contributed by atoms with Crippen LogP contribution in [0.4, 0.5) is 0 Å². The van der Waals surface area contributed by atoms with Crippen molar-refractivity contribution in [2.45, 2.75) is 25.9 Å². The summed E-state index contributed by atoms with van der Waals surface area (Å²) in [4.78, 5) is 14.0. The number of amides is 1. The van der Waals surface area contributed by atoms with Crippen LogP contribution in [0.25, 0.3) is 0 Å². The second kappa shape index (κ2) is 5.72. The molecule has 1 N–H and O–H groups in total. The Balaban J connectivity index is 1.99. The van der Waals surface area contributed by atoms with Crippen LogP contribution in [0.3, 0.4) is 0 Å². The average molecular weight is 268 g/mol. The van der Waals surface area contributed by atoms with Gasteiger partial charge in [-0.2, -0.15) is 0 Å². The summed E-state index contributed by atoms with van der Waals surface area (Å²) in [5.74, 6) is 0.232. The van der Waals surface area contributed by atoms with Crippen molar-refractivity contribution in [3.8, 4) is 0 Å². The molecule has 1 saturated heterocycles. The van der Waals surface area contributed by atoms with Crippen molar-refractivity contribution >= 4 is 17.5 Å². The minimum absolute atomic E-state index is 0.0850. The number of aliphatic hydroxyl groups is 1. The Morgan fingerprint density at radius 2 is 2.22 bits per heavy atom. The second-order valence-electron chi connectivity index (χ2n) is 4.94. The summed E-state index contributed by atoms with van der Waals surface area (Å²) in [6.07, 6.45) is 0.715. The molecule has 3 nitrogen and oxygen atoms in total. The summed E-state index contributed by atoms with van der Waals surface area (Å²) in [5.41, 5.74) is 0.864. The molecule has 0 aromatic heterocycles. The molecule has 1 aromatic rings. The van der Waals surface area contributed by atoms with Crippen molar-refractivity contribution in [3.63, 3.8) is 0 Å². The van der Waals surface area contributed by atoms with Gasteiger partial charge in [0, 0.05) is 18.1 Å². The number of aliphatic hydroxyl groups excluding tert-OH is 1. The summed E-state index contributed by atoms with van der Waals surface area (Å²) in [6.45, 7) is 3.23. The predicted molar refractivity (Wildman–Crippen MR) is 71.5 cm³/mol. The highest BCUT2D eigenvalue weighted by Crippen LogP contribution is 2.20. The van der Waals surface area contributed by atoms with Crippen molar-refractivity contribution in [2.75, 3.05) is 13.1 Å². The van der Waals surface area contributed by atoms with E-state index in [1.807, 2.05) is 30.0 Å². The minimum Gasteiger partial charge on any atom is -0.393 e. The Morgan fingerprint density at radius 3 is 2.89 bits per heavy atom. The van der Waals surface area contributed by atoms with E-state index in [0.717, 1.165) is 5.56 Å². The highest BCUT2D eigenvalue weighted by Gasteiger charge is 2.27. The maximum atomic E-state index is 12.2. The van der Waals surface area contributed by atoms with Crippen molar-refractivity contribution < 1.29 is 9.90 Å². The van der Waals surface area contributed by atoms with Crippen molar-refractivity contribution in [1.29, 1.82) is 0 Å². The quantitative estimate of drug-likeness (QED) is 0.892. The van der Waals surface area contributed by atoms with E-state index < -0.39 is 0 Å². The first-order valence-electron chi connectivity index (χ1n) is 6.27. The first-order chi connectivity index (χ1) is 8.58. The van der Waals surface area contributed by atoms with Crippen LogP contribution in [0.1, 0.15) is 18.9 Å². The maximum absolute atomic E-state index is 12.2. The molecule has 0 saturated carbocycles. The van der Waals surface area contributed by atoms with Crippen molar-refractivity contribution in [1.82, 2.24) is 4.90 Å². The van der Waals surface area contributed by atoms with E-state index in [2.05, 4.69) is 0 Å². The van der Waals surface area contributed by atoms with Crippen LogP contribution in [-0.2, 0) is 11.2 Å². The molecule has 0 spiro atoms. The van der Waals surface area contributed by atoms with Crippen LogP contribution in [-0.4, -0.2) is 35.1 Å². The van der Waals surface area contributed by atoms with Crippen molar-refractivity contribution in [3.05, 3.63) is 34.9 Å². The van der Waals surface area contributed by atoms with E-state index in [1.54, 1.807) is 6.07 Å². The van der Waals surface area contributed by atoms with Gasteiger partial charge in [0.05, 0.1) is 12.5 Å². The van der Waals surface area contributed by atoms with Gasteiger partial charge in [-0.25, -0.2) is 0 Å². The molecule has 1 aliphatic rings. The third kappa shape index (κ3) is 3.03. The molecule has 1 aliphatic heterocycles. The van der Waals surface area contributed by atoms with E-state index in [4.69, 9.17) is 11.6 Å². The Bertz CT molecular complexity index is 436. The summed E-state index contributed by atoms with van der Waals surface area (Å²) < 4.78 is 0. The number of nitrogens with zero attached hydrogens (tertiary/aromatic N) is 1. The lowest BCUT2D eigenvalue weighted by atomic mass is 9.96. The molecule has 1 fully saturated rings. The summed E-state index contributed by atoms with van der Waals surface area (Å²) >= 11 is 6.05. The molecule has 1 amide bonds. The van der Waals surface area contributed by atoms with E-state index in [9.17, 15) is 9.90 Å². The fourth-order valence-corrected chi connectivity index (χ4v) is 2.48. The Kier molecular flexibility index (Phi) is 4.25. The van der Waals surface area contributed by atoms with Gasteiger partial charge >= 0.3 is 0 Å². The molecule has 2 unspecified atom stereocenters. The normalized spacial score (nSPS) is 24.1. The Morgan fingerprint density at radius 1 is 1.50 bits per heavy atom. The molecule has 18 heavy (non-hydrogen) atoms. The summed E-state index contributed by atoms with van der Waals surface area (Å²) in [7, 11) is 0. The van der Waals surface area contributed by atoms with Crippen LogP contribution >= 0.6 is 11.6 Å². The van der Waals surface area contributed by atoms with E-state index in [0.29, 0.717) is 31.0 Å². The number of halogens is 1. The standard InChI is InChI=1S/C14H18ClNO2/c1-10-9-16(7-6-13(10)17)14(18)8-11-4-2-3-5-12(11)15/h2-5,10,13,17H,6-9H2,1H3. The number of rotatable bonds is 2. The lowest BCUT2D eigenvalue weighted by Gasteiger charge is -2.34. The van der Waals surface area contributed by atoms with Crippen LogP contribution < -0.4 is 0 Å². The van der Waals surface area contributed by atoms with Gasteiger partial charge < -0.3 is 10.0 Å². The fraction of sp³-hybridized carbons (Fsp3) is 0.500. The van der Waals surface area contributed by atoms with Crippen LogP contribution in [0.5, 0.6) is 0 Å². The number of likely N-dealkylation sites (tertiary alicyclic amines) is 1. The van der Waals surface area contributed by atoms with Crippen LogP contribution in [0.2, 0.25) is 5.02 Å². The highest BCUT2D eigenvalue weighted by molar-refractivity contribution is 6.31. The van der Waals surface area contributed by atoms with E-state index >= 15 is 0 Å². The molecule has 2 rings (SSSR count). The monoisotopic (exact) mass is 267 g/mol. The van der Waals surface area contributed by atoms with Gasteiger partial charge in [0.1, 0.15) is 0 Å². The Labute approximate surface area is 112 Å². The third-order valence-corrected chi connectivity index (χ3v) is 3.88. The molecular formula is C14H18ClNO2. The molecule has 0 radical (unpaired) electrons. The van der Waals surface area contributed by atoms with Gasteiger partial charge in [-0.05, 0) is 24.0 Å². The van der Waals surface area contributed by atoms with Gasteiger partial charge in [0.25, 0.3) is 0 Å². The van der Waals surface area contributed by atoms with Gasteiger partial charge in [-0.15, -0.1) is 0 Å². The highest BCUT2D eigenvalue weighted by atomic mass is 35.5. The van der Waals surface area contributed by atoms with Gasteiger partial charge in [0.2, 0.25) is 5.91 Å². The lowest BCUT2D eigenvalue weighted by Crippen LogP contribution is -2.45. The molecular weight excluding hydrogens is 250 g/mol. The zero-order chi connectivity index (χ0) is 13.1. The molecule has 0 bridgehead atoms. The molecule has 0 aliphatic carbocycles. The molecule has 4 heteroatoms. The Hall–Kier alpha value is -1.06. The third-order valence-electron chi connectivity index (χ3n) is 3.51. The zero-order valence-electron chi connectivity index (χ0n) is 10.5. The van der Waals surface area contributed by atoms with E-state index in [1.165, 1.54) is 0 Å². The number of hydrogen-bond acceptors (Lipinski definition) is 2. The molecule has 1 heterocycles. The van der Waals surface area contributed by atoms with Gasteiger partial charge in [0.15, 0.2) is 0 Å². The first kappa shape index (κ1) is 13.4. The number of benzene rings is 1. The van der Waals surface area contributed by atoms with E-state index in [-0.39, 0.29) is 17.9 Å². The lowest BCUT2D eigenvalue weighted by molar-refractivity contribution is -0.133. The topological polar surface area (TPSA) is 40.5 Å². The van der Waals surface area contributed by atoms with Crippen LogP contribution in [0, 0.1) is 5.92 Å². The van der Waals surface area contributed by atoms with Gasteiger partial charge in [-0.1, -0.05) is 36.7 Å². The summed E-state index contributed by atoms with van der Waals surface area (Å²) in [6, 6.07) is 7.42. The molecule has 1 aromatic carbocycles. The number of piperidine rings is 1. The van der Waals surface area contributed by atoms with Crippen LogP contribution in [0.15, 0.2) is 24.3 Å². The average Bonchev–Trinajstić information content (AvgIpc) is 2.35. The van der Waals surface area contributed by atoms with Gasteiger partial charge in [-0.3, -0.25) is 4.79 Å². The molecule has 2 atom stereocenters. The second-order valence-corrected chi connectivity index (χ2v) is 5.35. The minimum atomic E-state index is -0.283. The molecule has 98 valence electrons. The maximum Gasteiger partial charge on any atom is 0.227 e. The van der Waals surface area contributed by atoms with Crippen molar-refractivity contribution in [2.24, 2.45) is 5.92 Å².